The normalized spacial score (nSPS) is 17.3. The summed E-state index contributed by atoms with van der Waals surface area (Å²) in [5.74, 6) is 0.117. The molecule has 6 heteroatoms. The third kappa shape index (κ3) is 4.24. The molecule has 2 aliphatic heterocycles. The molecule has 1 spiro atoms. The molecule has 1 saturated heterocycles. The lowest BCUT2D eigenvalue weighted by molar-refractivity contribution is -0.134. The summed E-state index contributed by atoms with van der Waals surface area (Å²) in [6.07, 6.45) is 1.71. The van der Waals surface area contributed by atoms with Crippen molar-refractivity contribution in [2.24, 2.45) is 0 Å². The molecule has 0 N–H and O–H groups in total. The van der Waals surface area contributed by atoms with Gasteiger partial charge in [-0.2, -0.15) is 0 Å². The van der Waals surface area contributed by atoms with E-state index in [1.807, 2.05) is 26.0 Å². The number of halogens is 1. The Bertz CT molecular complexity index is 1040. The summed E-state index contributed by atoms with van der Waals surface area (Å²) in [7, 11) is 0. The van der Waals surface area contributed by atoms with Crippen molar-refractivity contribution in [3.05, 3.63) is 64.5 Å². The molecule has 0 bridgehead atoms. The molecule has 0 radical (unpaired) electrons. The zero-order chi connectivity index (χ0) is 22.2. The van der Waals surface area contributed by atoms with Crippen LogP contribution in [0.5, 0.6) is 5.75 Å². The first-order chi connectivity index (χ1) is 14.8. The maximum atomic E-state index is 13.0. The molecule has 0 aliphatic carbocycles. The van der Waals surface area contributed by atoms with E-state index in [9.17, 15) is 18.8 Å². The molecule has 4 rings (SSSR count). The summed E-state index contributed by atoms with van der Waals surface area (Å²) in [5.41, 5.74) is 2.56. The fraction of sp³-hybridized carbons (Fsp3) is 0.400. The van der Waals surface area contributed by atoms with E-state index in [-0.39, 0.29) is 30.3 Å². The molecule has 162 valence electrons. The third-order valence-electron chi connectivity index (χ3n) is 6.54. The Balaban J connectivity index is 1.35. The highest BCUT2D eigenvalue weighted by atomic mass is 19.1. The largest absolute Gasteiger partial charge is 0.486 e. The lowest BCUT2D eigenvalue weighted by Crippen LogP contribution is -2.52. The van der Waals surface area contributed by atoms with Crippen LogP contribution in [-0.2, 0) is 4.79 Å². The van der Waals surface area contributed by atoms with Crippen LogP contribution >= 0.6 is 0 Å². The lowest BCUT2D eigenvalue weighted by Gasteiger charge is -2.44. The number of hydrogen-bond acceptors (Lipinski definition) is 4. The number of likely N-dealkylation sites (tertiary alicyclic amines) is 1. The Morgan fingerprint density at radius 3 is 2.39 bits per heavy atom. The van der Waals surface area contributed by atoms with Crippen molar-refractivity contribution in [1.82, 2.24) is 4.90 Å². The lowest BCUT2D eigenvalue weighted by atomic mass is 9.81. The topological polar surface area (TPSA) is 63.7 Å². The summed E-state index contributed by atoms with van der Waals surface area (Å²) in [6.45, 7) is 4.96. The minimum absolute atomic E-state index is 0.0835. The number of benzene rings is 2. The molecule has 2 aliphatic rings. The van der Waals surface area contributed by atoms with E-state index >= 15 is 0 Å². The minimum Gasteiger partial charge on any atom is -0.486 e. The van der Waals surface area contributed by atoms with Crippen molar-refractivity contribution in [2.45, 2.75) is 51.6 Å². The van der Waals surface area contributed by atoms with Gasteiger partial charge in [0, 0.05) is 44.3 Å². The van der Waals surface area contributed by atoms with E-state index in [1.54, 1.807) is 4.90 Å². The second-order valence-electron chi connectivity index (χ2n) is 8.58. The van der Waals surface area contributed by atoms with Crippen molar-refractivity contribution in [2.75, 3.05) is 13.1 Å². The van der Waals surface area contributed by atoms with E-state index in [1.165, 1.54) is 24.3 Å². The van der Waals surface area contributed by atoms with Gasteiger partial charge in [-0.25, -0.2) is 4.39 Å². The average Bonchev–Trinajstić information content (AvgIpc) is 2.76. The van der Waals surface area contributed by atoms with Crippen LogP contribution in [0.4, 0.5) is 4.39 Å². The zero-order valence-electron chi connectivity index (χ0n) is 17.9. The van der Waals surface area contributed by atoms with Crippen molar-refractivity contribution in [1.29, 1.82) is 0 Å². The highest BCUT2D eigenvalue weighted by Gasteiger charge is 2.44. The molecule has 0 unspecified atom stereocenters. The molecule has 2 aromatic carbocycles. The molecule has 0 saturated carbocycles. The number of ether oxygens (including phenoxy) is 1. The van der Waals surface area contributed by atoms with Gasteiger partial charge >= 0.3 is 0 Å². The van der Waals surface area contributed by atoms with Gasteiger partial charge in [0.05, 0.1) is 12.0 Å². The number of ketones is 2. The Morgan fingerprint density at radius 1 is 1.03 bits per heavy atom. The Hall–Kier alpha value is -3.02. The Labute approximate surface area is 181 Å². The van der Waals surface area contributed by atoms with Crippen LogP contribution in [0.25, 0.3) is 0 Å². The SMILES string of the molecule is Cc1ccc2c(c1C)OC1(CCN(C(=O)CCC(=O)c3ccc(F)cc3)CC1)CC2=O. The zero-order valence-corrected chi connectivity index (χ0v) is 17.9. The van der Waals surface area contributed by atoms with Gasteiger partial charge in [-0.3, -0.25) is 14.4 Å². The van der Waals surface area contributed by atoms with Crippen molar-refractivity contribution in [3.8, 4) is 5.75 Å². The van der Waals surface area contributed by atoms with Crippen molar-refractivity contribution >= 4 is 17.5 Å². The quantitative estimate of drug-likeness (QED) is 0.683. The summed E-state index contributed by atoms with van der Waals surface area (Å²) in [4.78, 5) is 39.4. The number of amides is 1. The number of carbonyl (C=O) groups excluding carboxylic acids is 3. The van der Waals surface area contributed by atoms with Gasteiger partial charge in [0.15, 0.2) is 11.6 Å². The molecule has 2 aromatic rings. The Kier molecular flexibility index (Phi) is 5.65. The summed E-state index contributed by atoms with van der Waals surface area (Å²) >= 11 is 0. The predicted molar refractivity (Wildman–Crippen MR) is 114 cm³/mol. The van der Waals surface area contributed by atoms with Crippen LogP contribution < -0.4 is 4.74 Å². The molecule has 5 nitrogen and oxygen atoms in total. The number of aryl methyl sites for hydroxylation is 1. The number of Topliss-reactive ketones (excluding diaryl/α,β-unsaturated/α-hetero) is 2. The molecule has 31 heavy (non-hydrogen) atoms. The molecule has 1 amide bonds. The van der Waals surface area contributed by atoms with Crippen LogP contribution in [0.15, 0.2) is 36.4 Å². The van der Waals surface area contributed by atoms with Gasteiger partial charge in [0.1, 0.15) is 17.2 Å². The van der Waals surface area contributed by atoms with E-state index in [2.05, 4.69) is 0 Å². The first kappa shape index (κ1) is 21.2. The summed E-state index contributed by atoms with van der Waals surface area (Å²) < 4.78 is 19.4. The molecular formula is C25H26FNO4. The van der Waals surface area contributed by atoms with E-state index in [0.717, 1.165) is 11.1 Å². The Morgan fingerprint density at radius 2 is 1.71 bits per heavy atom. The third-order valence-corrected chi connectivity index (χ3v) is 6.54. The molecule has 2 heterocycles. The van der Waals surface area contributed by atoms with Crippen molar-refractivity contribution in [3.63, 3.8) is 0 Å². The van der Waals surface area contributed by atoms with E-state index < -0.39 is 11.4 Å². The van der Waals surface area contributed by atoms with Gasteiger partial charge in [0.25, 0.3) is 0 Å². The molecule has 0 atom stereocenters. The van der Waals surface area contributed by atoms with Gasteiger partial charge in [-0.1, -0.05) is 6.07 Å². The molecular weight excluding hydrogens is 397 g/mol. The van der Waals surface area contributed by atoms with Crippen LogP contribution in [0.1, 0.15) is 63.9 Å². The fourth-order valence-corrected chi connectivity index (χ4v) is 4.38. The number of hydrogen-bond donors (Lipinski definition) is 0. The fourth-order valence-electron chi connectivity index (χ4n) is 4.38. The average molecular weight is 423 g/mol. The monoisotopic (exact) mass is 423 g/mol. The maximum absolute atomic E-state index is 13.0. The van der Waals surface area contributed by atoms with Crippen molar-refractivity contribution < 1.29 is 23.5 Å². The van der Waals surface area contributed by atoms with Gasteiger partial charge < -0.3 is 9.64 Å². The first-order valence-electron chi connectivity index (χ1n) is 10.7. The molecule has 0 aromatic heterocycles. The number of piperidine rings is 1. The first-order valence-corrected chi connectivity index (χ1v) is 10.7. The number of carbonyl (C=O) groups is 3. The van der Waals surface area contributed by atoms with Gasteiger partial charge in [0.2, 0.25) is 5.91 Å². The predicted octanol–water partition coefficient (Wildman–Crippen LogP) is 4.43. The summed E-state index contributed by atoms with van der Waals surface area (Å²) in [6, 6.07) is 9.14. The van der Waals surface area contributed by atoms with Crippen LogP contribution in [0.2, 0.25) is 0 Å². The highest BCUT2D eigenvalue weighted by molar-refractivity contribution is 6.01. The maximum Gasteiger partial charge on any atom is 0.223 e. The second kappa shape index (κ2) is 8.25. The highest BCUT2D eigenvalue weighted by Crippen LogP contribution is 2.41. The number of nitrogens with zero attached hydrogens (tertiary/aromatic N) is 1. The van der Waals surface area contributed by atoms with Gasteiger partial charge in [-0.05, 0) is 55.3 Å². The van der Waals surface area contributed by atoms with E-state index in [0.29, 0.717) is 49.2 Å². The molecule has 1 fully saturated rings. The van der Waals surface area contributed by atoms with E-state index in [4.69, 9.17) is 4.74 Å². The van der Waals surface area contributed by atoms with Gasteiger partial charge in [-0.15, -0.1) is 0 Å². The van der Waals surface area contributed by atoms with Crippen LogP contribution in [0, 0.1) is 19.7 Å². The second-order valence-corrected chi connectivity index (χ2v) is 8.58. The number of fused-ring (bicyclic) bond motifs is 1. The standard InChI is InChI=1S/C25H26FNO4/c1-16-3-8-20-22(29)15-25(31-24(20)17(16)2)11-13-27(14-12-25)23(30)10-9-21(28)18-4-6-19(26)7-5-18/h3-8H,9-15H2,1-2H3. The summed E-state index contributed by atoms with van der Waals surface area (Å²) in [5, 5.41) is 0. The number of rotatable bonds is 4. The minimum atomic E-state index is -0.566. The van der Waals surface area contributed by atoms with Crippen LogP contribution in [-0.4, -0.2) is 41.1 Å². The smallest absolute Gasteiger partial charge is 0.223 e. The van der Waals surface area contributed by atoms with Crippen LogP contribution in [0.3, 0.4) is 0 Å².